The quantitative estimate of drug-likeness (QED) is 0.890. The molecule has 1 N–H and O–H groups in total. The minimum atomic E-state index is -0.0283. The summed E-state index contributed by atoms with van der Waals surface area (Å²) in [7, 11) is 1.86. The van der Waals surface area contributed by atoms with Gasteiger partial charge in [0, 0.05) is 24.0 Å². The van der Waals surface area contributed by atoms with E-state index in [1.54, 1.807) is 17.5 Å². The molecule has 1 saturated heterocycles. The third-order valence-corrected chi connectivity index (χ3v) is 5.70. The van der Waals surface area contributed by atoms with Gasteiger partial charge in [0.25, 0.3) is 5.91 Å². The largest absolute Gasteiger partial charge is 0.337 e. The Morgan fingerprint density at radius 3 is 2.74 bits per heavy atom. The van der Waals surface area contributed by atoms with Crippen LogP contribution >= 0.6 is 34.5 Å². The predicted molar refractivity (Wildman–Crippen MR) is 95.6 cm³/mol. The van der Waals surface area contributed by atoms with Gasteiger partial charge in [-0.3, -0.25) is 4.79 Å². The van der Waals surface area contributed by atoms with E-state index in [0.29, 0.717) is 15.7 Å². The number of thiazole rings is 1. The van der Waals surface area contributed by atoms with E-state index >= 15 is 0 Å². The van der Waals surface area contributed by atoms with Crippen LogP contribution in [0.25, 0.3) is 10.6 Å². The molecule has 0 spiro atoms. The number of hydrogen-bond donors (Lipinski definition) is 1. The van der Waals surface area contributed by atoms with Gasteiger partial charge in [-0.1, -0.05) is 29.3 Å². The molecule has 1 fully saturated rings. The molecule has 3 rings (SSSR count). The Hall–Kier alpha value is -1.14. The lowest BCUT2D eigenvalue weighted by atomic mass is 10.1. The second-order valence-corrected chi connectivity index (χ2v) is 7.24. The van der Waals surface area contributed by atoms with Crippen molar-refractivity contribution in [3.05, 3.63) is 39.3 Å². The summed E-state index contributed by atoms with van der Waals surface area (Å²) in [4.78, 5) is 18.9. The summed E-state index contributed by atoms with van der Waals surface area (Å²) in [6.07, 6.45) is 1.96. The van der Waals surface area contributed by atoms with Gasteiger partial charge in [-0.25, -0.2) is 4.98 Å². The van der Waals surface area contributed by atoms with Gasteiger partial charge in [0.1, 0.15) is 10.7 Å². The van der Waals surface area contributed by atoms with Gasteiger partial charge < -0.3 is 10.2 Å². The number of benzene rings is 1. The molecule has 122 valence electrons. The molecule has 4 nitrogen and oxygen atoms in total. The van der Waals surface area contributed by atoms with Crippen molar-refractivity contribution in [1.82, 2.24) is 15.2 Å². The first-order valence-corrected chi connectivity index (χ1v) is 9.08. The highest BCUT2D eigenvalue weighted by Gasteiger charge is 2.24. The van der Waals surface area contributed by atoms with Gasteiger partial charge in [0.15, 0.2) is 0 Å². The van der Waals surface area contributed by atoms with E-state index in [2.05, 4.69) is 10.3 Å². The molecule has 1 aromatic heterocycles. The van der Waals surface area contributed by atoms with E-state index in [1.807, 2.05) is 18.0 Å². The Bertz CT molecular complexity index is 713. The molecule has 1 aliphatic heterocycles. The maximum Gasteiger partial charge on any atom is 0.273 e. The van der Waals surface area contributed by atoms with Crippen molar-refractivity contribution < 1.29 is 4.79 Å². The molecular weight excluding hydrogens is 353 g/mol. The highest BCUT2D eigenvalue weighted by Crippen LogP contribution is 2.30. The molecule has 0 saturated carbocycles. The Kier molecular flexibility index (Phi) is 5.21. The van der Waals surface area contributed by atoms with Crippen molar-refractivity contribution in [3.63, 3.8) is 0 Å². The van der Waals surface area contributed by atoms with Crippen molar-refractivity contribution in [3.8, 4) is 10.6 Å². The summed E-state index contributed by atoms with van der Waals surface area (Å²) in [6.45, 7) is 1.90. The highest BCUT2D eigenvalue weighted by atomic mass is 35.5. The van der Waals surface area contributed by atoms with Gasteiger partial charge in [-0.15, -0.1) is 11.3 Å². The van der Waals surface area contributed by atoms with Crippen molar-refractivity contribution in [2.45, 2.75) is 18.9 Å². The van der Waals surface area contributed by atoms with Crippen LogP contribution in [0.5, 0.6) is 0 Å². The van der Waals surface area contributed by atoms with Gasteiger partial charge in [0.2, 0.25) is 0 Å². The van der Waals surface area contributed by atoms with Crippen LogP contribution in [0.2, 0.25) is 10.0 Å². The van der Waals surface area contributed by atoms with E-state index < -0.39 is 0 Å². The molecule has 0 unspecified atom stereocenters. The Morgan fingerprint density at radius 1 is 1.30 bits per heavy atom. The van der Waals surface area contributed by atoms with E-state index in [1.165, 1.54) is 11.3 Å². The lowest BCUT2D eigenvalue weighted by Gasteiger charge is -2.31. The van der Waals surface area contributed by atoms with Crippen molar-refractivity contribution in [2.24, 2.45) is 0 Å². The normalized spacial score (nSPS) is 15.6. The van der Waals surface area contributed by atoms with Gasteiger partial charge in [0.05, 0.1) is 10.0 Å². The number of nitrogens with one attached hydrogen (secondary N) is 1. The summed E-state index contributed by atoms with van der Waals surface area (Å²) >= 11 is 13.4. The maximum absolute atomic E-state index is 12.6. The monoisotopic (exact) mass is 369 g/mol. The van der Waals surface area contributed by atoms with E-state index in [0.717, 1.165) is 36.5 Å². The first kappa shape index (κ1) is 16.7. The Morgan fingerprint density at radius 2 is 2.04 bits per heavy atom. The first-order chi connectivity index (χ1) is 11.1. The number of piperidine rings is 1. The molecule has 1 amide bonds. The van der Waals surface area contributed by atoms with Crippen LogP contribution in [-0.2, 0) is 0 Å². The zero-order valence-corrected chi connectivity index (χ0v) is 15.0. The minimum Gasteiger partial charge on any atom is -0.337 e. The van der Waals surface area contributed by atoms with Crippen LogP contribution in [0.3, 0.4) is 0 Å². The lowest BCUT2D eigenvalue weighted by Crippen LogP contribution is -2.44. The molecule has 23 heavy (non-hydrogen) atoms. The standard InChI is InChI=1S/C16H17Cl2N3OS/c1-21(11-4-6-19-7-5-11)16(22)14-9-23-15(20-14)10-2-3-12(17)13(18)8-10/h2-3,8-9,11,19H,4-7H2,1H3. The van der Waals surface area contributed by atoms with Crippen LogP contribution in [0.4, 0.5) is 0 Å². The summed E-state index contributed by atoms with van der Waals surface area (Å²) in [5.41, 5.74) is 1.35. The number of hydrogen-bond acceptors (Lipinski definition) is 4. The molecule has 0 atom stereocenters. The van der Waals surface area contributed by atoms with Crippen LogP contribution in [0.15, 0.2) is 23.6 Å². The molecule has 2 heterocycles. The molecule has 7 heteroatoms. The number of aromatic nitrogens is 1. The molecule has 2 aromatic rings. The number of nitrogens with zero attached hydrogens (tertiary/aromatic N) is 2. The molecule has 1 aliphatic rings. The smallest absolute Gasteiger partial charge is 0.273 e. The number of halogens is 2. The average Bonchev–Trinajstić information content (AvgIpc) is 3.07. The van der Waals surface area contributed by atoms with E-state index in [-0.39, 0.29) is 11.9 Å². The summed E-state index contributed by atoms with van der Waals surface area (Å²) in [6, 6.07) is 5.65. The van der Waals surface area contributed by atoms with Gasteiger partial charge >= 0.3 is 0 Å². The van der Waals surface area contributed by atoms with Crippen molar-refractivity contribution >= 4 is 40.4 Å². The number of rotatable bonds is 3. The van der Waals surface area contributed by atoms with Gasteiger partial charge in [-0.2, -0.15) is 0 Å². The zero-order valence-electron chi connectivity index (χ0n) is 12.7. The van der Waals surface area contributed by atoms with Crippen LogP contribution in [0.1, 0.15) is 23.3 Å². The third kappa shape index (κ3) is 3.69. The fraction of sp³-hybridized carbons (Fsp3) is 0.375. The maximum atomic E-state index is 12.6. The third-order valence-electron chi connectivity index (χ3n) is 4.07. The lowest BCUT2D eigenvalue weighted by molar-refractivity contribution is 0.0698. The molecule has 1 aromatic carbocycles. The summed E-state index contributed by atoms with van der Waals surface area (Å²) in [5, 5.41) is 6.87. The summed E-state index contributed by atoms with van der Waals surface area (Å²) < 4.78 is 0. The minimum absolute atomic E-state index is 0.0283. The second-order valence-electron chi connectivity index (χ2n) is 5.56. The summed E-state index contributed by atoms with van der Waals surface area (Å²) in [5.74, 6) is -0.0283. The molecular formula is C16H17Cl2N3OS. The van der Waals surface area contributed by atoms with Crippen LogP contribution in [0, 0.1) is 0 Å². The first-order valence-electron chi connectivity index (χ1n) is 7.45. The Labute approximate surface area is 149 Å². The number of carbonyl (C=O) groups is 1. The van der Waals surface area contributed by atoms with Crippen LogP contribution < -0.4 is 5.32 Å². The number of amides is 1. The molecule has 0 radical (unpaired) electrons. The molecule has 0 aliphatic carbocycles. The predicted octanol–water partition coefficient (Wildman–Crippen LogP) is 3.94. The fourth-order valence-corrected chi connectivity index (χ4v) is 3.76. The highest BCUT2D eigenvalue weighted by molar-refractivity contribution is 7.13. The van der Waals surface area contributed by atoms with Crippen molar-refractivity contribution in [1.29, 1.82) is 0 Å². The van der Waals surface area contributed by atoms with Crippen molar-refractivity contribution in [2.75, 3.05) is 20.1 Å². The molecule has 0 bridgehead atoms. The van der Waals surface area contributed by atoms with Gasteiger partial charge in [-0.05, 0) is 38.1 Å². The SMILES string of the molecule is CN(C(=O)c1csc(-c2ccc(Cl)c(Cl)c2)n1)C1CCNCC1. The Balaban J connectivity index is 1.77. The number of carbonyl (C=O) groups excluding carboxylic acids is 1. The van der Waals surface area contributed by atoms with E-state index in [4.69, 9.17) is 23.2 Å². The zero-order chi connectivity index (χ0) is 16.4. The topological polar surface area (TPSA) is 45.2 Å². The second kappa shape index (κ2) is 7.18. The average molecular weight is 370 g/mol. The van der Waals surface area contributed by atoms with E-state index in [9.17, 15) is 4.79 Å². The fourth-order valence-electron chi connectivity index (χ4n) is 2.67. The van der Waals surface area contributed by atoms with Crippen LogP contribution in [-0.4, -0.2) is 42.0 Å².